The molecule has 0 saturated carbocycles. The summed E-state index contributed by atoms with van der Waals surface area (Å²) in [5.41, 5.74) is 1.73. The number of hydrogen-bond donors (Lipinski definition) is 1. The molecule has 1 aromatic heterocycles. The van der Waals surface area contributed by atoms with Crippen molar-refractivity contribution >= 4 is 29.0 Å². The van der Waals surface area contributed by atoms with Crippen molar-refractivity contribution in [3.8, 4) is 11.5 Å². The zero-order valence-electron chi connectivity index (χ0n) is 18.4. The Bertz CT molecular complexity index is 958. The van der Waals surface area contributed by atoms with Crippen molar-refractivity contribution in [2.45, 2.75) is 32.4 Å². The Morgan fingerprint density at radius 1 is 1.26 bits per heavy atom. The maximum Gasteiger partial charge on any atom is 0.317 e. The minimum atomic E-state index is -0.300. The second-order valence-electron chi connectivity index (χ2n) is 7.56. The first-order valence-corrected chi connectivity index (χ1v) is 10.9. The smallest absolute Gasteiger partial charge is 0.317 e. The Hall–Kier alpha value is -3.07. The van der Waals surface area contributed by atoms with Gasteiger partial charge in [-0.1, -0.05) is 12.1 Å². The topological polar surface area (TPSA) is 83.5 Å². The number of carbonyl (C=O) groups excluding carboxylic acids is 2. The molecule has 0 aliphatic carbocycles. The largest absolute Gasteiger partial charge is 0.493 e. The average molecular weight is 445 g/mol. The summed E-state index contributed by atoms with van der Waals surface area (Å²) >= 11 is 1.58. The molecule has 166 valence electrons. The highest BCUT2D eigenvalue weighted by atomic mass is 32.1. The molecule has 8 nitrogen and oxygen atoms in total. The van der Waals surface area contributed by atoms with Gasteiger partial charge in [-0.25, -0.2) is 9.80 Å². The van der Waals surface area contributed by atoms with E-state index in [1.807, 2.05) is 49.6 Å². The fourth-order valence-corrected chi connectivity index (χ4v) is 4.08. The van der Waals surface area contributed by atoms with E-state index in [-0.39, 0.29) is 30.6 Å². The van der Waals surface area contributed by atoms with E-state index < -0.39 is 0 Å². The number of methoxy groups -OCH3 is 2. The van der Waals surface area contributed by atoms with Crippen LogP contribution in [0.3, 0.4) is 0 Å². The van der Waals surface area contributed by atoms with Gasteiger partial charge >= 0.3 is 6.03 Å². The van der Waals surface area contributed by atoms with E-state index in [1.54, 1.807) is 32.6 Å². The number of rotatable bonds is 7. The molecule has 0 spiro atoms. The Labute approximate surface area is 186 Å². The van der Waals surface area contributed by atoms with Gasteiger partial charge in [0.2, 0.25) is 0 Å². The maximum atomic E-state index is 13.2. The van der Waals surface area contributed by atoms with Crippen LogP contribution in [-0.2, 0) is 4.79 Å². The Kier molecular flexibility index (Phi) is 7.17. The first-order valence-electron chi connectivity index (χ1n) is 10.0. The van der Waals surface area contributed by atoms with Crippen molar-refractivity contribution < 1.29 is 19.1 Å². The summed E-state index contributed by atoms with van der Waals surface area (Å²) in [4.78, 5) is 27.8. The van der Waals surface area contributed by atoms with Gasteiger partial charge in [-0.2, -0.15) is 5.10 Å². The molecule has 0 bridgehead atoms. The lowest BCUT2D eigenvalue weighted by atomic mass is 10.0. The second-order valence-corrected chi connectivity index (χ2v) is 8.50. The van der Waals surface area contributed by atoms with Gasteiger partial charge in [0.1, 0.15) is 6.54 Å². The van der Waals surface area contributed by atoms with Crippen LogP contribution in [-0.4, -0.2) is 61.4 Å². The molecule has 2 aromatic rings. The molecule has 1 aromatic carbocycles. The molecule has 0 unspecified atom stereocenters. The lowest BCUT2D eigenvalue weighted by molar-refractivity contribution is -0.133. The predicted octanol–water partition coefficient (Wildman–Crippen LogP) is 3.49. The first kappa shape index (κ1) is 22.6. The van der Waals surface area contributed by atoms with Crippen LogP contribution in [0, 0.1) is 0 Å². The fourth-order valence-electron chi connectivity index (χ4n) is 3.36. The number of amides is 3. The van der Waals surface area contributed by atoms with E-state index >= 15 is 0 Å². The van der Waals surface area contributed by atoms with E-state index in [0.717, 1.165) is 16.2 Å². The van der Waals surface area contributed by atoms with Crippen molar-refractivity contribution in [3.05, 3.63) is 46.2 Å². The van der Waals surface area contributed by atoms with Gasteiger partial charge in [-0.15, -0.1) is 11.3 Å². The van der Waals surface area contributed by atoms with Crippen molar-refractivity contribution in [2.75, 3.05) is 27.8 Å². The van der Waals surface area contributed by atoms with E-state index in [1.165, 1.54) is 9.91 Å². The molecule has 3 amide bonds. The third-order valence-corrected chi connectivity index (χ3v) is 5.81. The molecule has 1 atom stereocenters. The number of carbonyl (C=O) groups is 2. The molecule has 0 radical (unpaired) electrons. The van der Waals surface area contributed by atoms with Gasteiger partial charge < -0.3 is 19.7 Å². The number of nitrogens with zero attached hydrogens (tertiary/aromatic N) is 3. The van der Waals surface area contributed by atoms with Crippen LogP contribution in [0.25, 0.3) is 0 Å². The lowest BCUT2D eigenvalue weighted by Gasteiger charge is -2.26. The Morgan fingerprint density at radius 3 is 2.61 bits per heavy atom. The standard InChI is InChI=1S/C22H28N4O4S/c1-14(2)23-22(28)25(3)13-21(27)26-17(12-16(24-26)20-7-6-10-31-20)15-8-9-18(29-4)19(11-15)30-5/h6-11,14,17H,12-13H2,1-5H3,(H,23,28)/t17-/m0/s1. The van der Waals surface area contributed by atoms with E-state index in [9.17, 15) is 9.59 Å². The first-order chi connectivity index (χ1) is 14.8. The minimum Gasteiger partial charge on any atom is -0.493 e. The van der Waals surface area contributed by atoms with E-state index in [2.05, 4.69) is 10.4 Å². The maximum absolute atomic E-state index is 13.2. The molecule has 0 saturated heterocycles. The molecule has 0 fully saturated rings. The van der Waals surface area contributed by atoms with Crippen molar-refractivity contribution in [1.82, 2.24) is 15.2 Å². The minimum absolute atomic E-state index is 0.0141. The zero-order valence-corrected chi connectivity index (χ0v) is 19.2. The van der Waals surface area contributed by atoms with Crippen LogP contribution >= 0.6 is 11.3 Å². The molecule has 1 aliphatic rings. The second kappa shape index (κ2) is 9.82. The summed E-state index contributed by atoms with van der Waals surface area (Å²) in [7, 11) is 4.76. The summed E-state index contributed by atoms with van der Waals surface area (Å²) in [6, 6.07) is 8.94. The number of urea groups is 1. The van der Waals surface area contributed by atoms with Crippen LogP contribution in [0.1, 0.15) is 36.8 Å². The molecule has 2 heterocycles. The molecule has 3 rings (SSSR count). The summed E-state index contributed by atoms with van der Waals surface area (Å²) in [6.45, 7) is 3.67. The number of nitrogens with one attached hydrogen (secondary N) is 1. The third-order valence-electron chi connectivity index (χ3n) is 4.90. The summed E-state index contributed by atoms with van der Waals surface area (Å²) in [6.07, 6.45) is 0.573. The highest BCUT2D eigenvalue weighted by Crippen LogP contribution is 2.37. The Balaban J connectivity index is 1.87. The fraction of sp³-hybridized carbons (Fsp3) is 0.409. The number of benzene rings is 1. The molecular weight excluding hydrogens is 416 g/mol. The number of thiophene rings is 1. The predicted molar refractivity (Wildman–Crippen MR) is 121 cm³/mol. The summed E-state index contributed by atoms with van der Waals surface area (Å²) < 4.78 is 10.8. The van der Waals surface area contributed by atoms with Gasteiger partial charge in [0.05, 0.1) is 30.9 Å². The van der Waals surface area contributed by atoms with E-state index in [0.29, 0.717) is 17.9 Å². The van der Waals surface area contributed by atoms with Gasteiger partial charge in [0.25, 0.3) is 5.91 Å². The van der Waals surface area contributed by atoms with Crippen molar-refractivity contribution in [2.24, 2.45) is 5.10 Å². The monoisotopic (exact) mass is 444 g/mol. The highest BCUT2D eigenvalue weighted by molar-refractivity contribution is 7.12. The average Bonchev–Trinajstić information content (AvgIpc) is 3.42. The molecule has 1 aliphatic heterocycles. The SMILES string of the molecule is COc1ccc([C@@H]2CC(c3cccs3)=NN2C(=O)CN(C)C(=O)NC(C)C)cc1OC. The van der Waals surface area contributed by atoms with Crippen LogP contribution in [0.15, 0.2) is 40.8 Å². The van der Waals surface area contributed by atoms with Crippen molar-refractivity contribution in [3.63, 3.8) is 0 Å². The number of hydrogen-bond acceptors (Lipinski definition) is 6. The Morgan fingerprint density at radius 2 is 2.00 bits per heavy atom. The quantitative estimate of drug-likeness (QED) is 0.709. The number of ether oxygens (including phenoxy) is 2. The summed E-state index contributed by atoms with van der Waals surface area (Å²) in [5, 5.41) is 10.9. The molecular formula is C22H28N4O4S. The lowest BCUT2D eigenvalue weighted by Crippen LogP contribution is -2.45. The van der Waals surface area contributed by atoms with Gasteiger partial charge in [-0.05, 0) is 43.0 Å². The van der Waals surface area contributed by atoms with Gasteiger partial charge in [0, 0.05) is 19.5 Å². The summed E-state index contributed by atoms with van der Waals surface area (Å²) in [5.74, 6) is 0.949. The van der Waals surface area contributed by atoms with Crippen LogP contribution in [0.2, 0.25) is 0 Å². The number of likely N-dealkylation sites (N-methyl/N-ethyl adjacent to an activating group) is 1. The molecule has 31 heavy (non-hydrogen) atoms. The molecule has 1 N–H and O–H groups in total. The van der Waals surface area contributed by atoms with Crippen LogP contribution in [0.5, 0.6) is 11.5 Å². The third kappa shape index (κ3) is 5.16. The highest BCUT2D eigenvalue weighted by Gasteiger charge is 2.34. The van der Waals surface area contributed by atoms with Crippen LogP contribution < -0.4 is 14.8 Å². The number of hydrazone groups is 1. The van der Waals surface area contributed by atoms with Crippen molar-refractivity contribution in [1.29, 1.82) is 0 Å². The van der Waals surface area contributed by atoms with E-state index in [4.69, 9.17) is 9.47 Å². The van der Waals surface area contributed by atoms with Gasteiger partial charge in [-0.3, -0.25) is 4.79 Å². The van der Waals surface area contributed by atoms with Crippen LogP contribution in [0.4, 0.5) is 4.79 Å². The zero-order chi connectivity index (χ0) is 22.5. The van der Waals surface area contributed by atoms with Gasteiger partial charge in [0.15, 0.2) is 11.5 Å². The normalized spacial score (nSPS) is 15.6. The molecule has 9 heteroatoms.